The van der Waals surface area contributed by atoms with Gasteiger partial charge in [-0.05, 0) is 28.8 Å². The maximum Gasteiger partial charge on any atom is 0.249 e. The number of carbonyl (C=O) groups is 1. The first-order chi connectivity index (χ1) is 9.49. The van der Waals surface area contributed by atoms with E-state index in [0.717, 1.165) is 11.1 Å². The first-order valence-electron chi connectivity index (χ1n) is 6.04. The van der Waals surface area contributed by atoms with E-state index in [9.17, 15) is 20.1 Å². The number of nitrogens with two attached hydrogens (primary N) is 1. The summed E-state index contributed by atoms with van der Waals surface area (Å²) < 4.78 is 0. The Hall–Kier alpha value is -2.37. The van der Waals surface area contributed by atoms with Crippen LogP contribution in [0.1, 0.15) is 11.7 Å². The molecule has 2 unspecified atom stereocenters. The van der Waals surface area contributed by atoms with Gasteiger partial charge in [0.15, 0.2) is 6.10 Å². The van der Waals surface area contributed by atoms with Crippen molar-refractivity contribution in [3.05, 3.63) is 54.1 Å². The average molecular weight is 273 g/mol. The van der Waals surface area contributed by atoms with Crippen LogP contribution in [0.3, 0.4) is 0 Å². The summed E-state index contributed by atoms with van der Waals surface area (Å²) in [5, 5.41) is 28.4. The molecule has 104 valence electrons. The van der Waals surface area contributed by atoms with Gasteiger partial charge in [0.05, 0.1) is 0 Å². The Bertz CT molecular complexity index is 592. The van der Waals surface area contributed by atoms with Crippen molar-refractivity contribution in [2.75, 3.05) is 0 Å². The molecule has 1 amide bonds. The van der Waals surface area contributed by atoms with Crippen LogP contribution in [0, 0.1) is 0 Å². The minimum absolute atomic E-state index is 0.186. The lowest BCUT2D eigenvalue weighted by atomic mass is 9.99. The lowest BCUT2D eigenvalue weighted by Crippen LogP contribution is -2.33. The van der Waals surface area contributed by atoms with Gasteiger partial charge in [0.1, 0.15) is 11.9 Å². The number of carbonyl (C=O) groups excluding carboxylic acids is 1. The monoisotopic (exact) mass is 273 g/mol. The van der Waals surface area contributed by atoms with E-state index in [1.54, 1.807) is 48.5 Å². The Kier molecular flexibility index (Phi) is 4.02. The maximum atomic E-state index is 10.8. The first-order valence-corrected chi connectivity index (χ1v) is 6.04. The zero-order chi connectivity index (χ0) is 14.7. The summed E-state index contributed by atoms with van der Waals surface area (Å²) in [4.78, 5) is 10.8. The van der Waals surface area contributed by atoms with Gasteiger partial charge in [-0.1, -0.05) is 36.4 Å². The van der Waals surface area contributed by atoms with Crippen LogP contribution in [0.2, 0.25) is 0 Å². The molecule has 2 aromatic rings. The van der Waals surface area contributed by atoms with Crippen LogP contribution in [-0.2, 0) is 4.79 Å². The zero-order valence-corrected chi connectivity index (χ0v) is 10.6. The second kappa shape index (κ2) is 5.73. The molecule has 2 aromatic carbocycles. The van der Waals surface area contributed by atoms with Gasteiger partial charge in [-0.15, -0.1) is 0 Å². The third-order valence-electron chi connectivity index (χ3n) is 3.04. The van der Waals surface area contributed by atoms with E-state index >= 15 is 0 Å². The third-order valence-corrected chi connectivity index (χ3v) is 3.04. The highest BCUT2D eigenvalue weighted by atomic mass is 16.3. The van der Waals surface area contributed by atoms with Crippen LogP contribution >= 0.6 is 0 Å². The van der Waals surface area contributed by atoms with Crippen molar-refractivity contribution in [1.29, 1.82) is 0 Å². The summed E-state index contributed by atoms with van der Waals surface area (Å²) in [7, 11) is 0. The summed E-state index contributed by atoms with van der Waals surface area (Å²) in [6.45, 7) is 0. The third kappa shape index (κ3) is 2.96. The molecule has 0 aliphatic rings. The van der Waals surface area contributed by atoms with Crippen molar-refractivity contribution in [2.24, 2.45) is 5.73 Å². The highest BCUT2D eigenvalue weighted by Gasteiger charge is 2.23. The smallest absolute Gasteiger partial charge is 0.249 e. The number of aliphatic hydroxyl groups is 2. The van der Waals surface area contributed by atoms with E-state index in [-0.39, 0.29) is 5.75 Å². The zero-order valence-electron chi connectivity index (χ0n) is 10.6. The van der Waals surface area contributed by atoms with E-state index in [4.69, 9.17) is 5.73 Å². The van der Waals surface area contributed by atoms with Crippen LogP contribution in [0.5, 0.6) is 5.75 Å². The largest absolute Gasteiger partial charge is 0.508 e. The van der Waals surface area contributed by atoms with Crippen molar-refractivity contribution in [2.45, 2.75) is 12.2 Å². The van der Waals surface area contributed by atoms with Crippen molar-refractivity contribution < 1.29 is 20.1 Å². The van der Waals surface area contributed by atoms with Gasteiger partial charge in [-0.3, -0.25) is 4.79 Å². The Morgan fingerprint density at radius 1 is 0.900 bits per heavy atom. The molecule has 0 spiro atoms. The molecule has 5 heteroatoms. The number of benzene rings is 2. The van der Waals surface area contributed by atoms with Crippen molar-refractivity contribution in [1.82, 2.24) is 0 Å². The fourth-order valence-electron chi connectivity index (χ4n) is 1.86. The Labute approximate surface area is 115 Å². The molecule has 5 nitrogen and oxygen atoms in total. The number of hydrogen-bond donors (Lipinski definition) is 4. The van der Waals surface area contributed by atoms with Gasteiger partial charge in [-0.25, -0.2) is 0 Å². The minimum atomic E-state index is -1.63. The molecular formula is C15H15NO4. The lowest BCUT2D eigenvalue weighted by molar-refractivity contribution is -0.131. The van der Waals surface area contributed by atoms with Crippen molar-refractivity contribution in [3.63, 3.8) is 0 Å². The molecule has 0 aliphatic heterocycles. The molecule has 2 atom stereocenters. The molecule has 0 saturated heterocycles. The molecule has 0 bridgehead atoms. The molecule has 0 radical (unpaired) electrons. The summed E-state index contributed by atoms with van der Waals surface area (Å²) in [5.74, 6) is -0.787. The Balaban J connectivity index is 2.22. The maximum absolute atomic E-state index is 10.8. The second-order valence-corrected chi connectivity index (χ2v) is 4.46. The van der Waals surface area contributed by atoms with Crippen LogP contribution in [0.25, 0.3) is 11.1 Å². The highest BCUT2D eigenvalue weighted by Crippen LogP contribution is 2.24. The fourth-order valence-corrected chi connectivity index (χ4v) is 1.86. The molecule has 0 aromatic heterocycles. The van der Waals surface area contributed by atoms with Gasteiger partial charge in [0.25, 0.3) is 0 Å². The molecule has 0 aliphatic carbocycles. The first kappa shape index (κ1) is 14.0. The summed E-state index contributed by atoms with van der Waals surface area (Å²) in [5.41, 5.74) is 7.12. The summed E-state index contributed by atoms with van der Waals surface area (Å²) in [6.07, 6.45) is -2.98. The van der Waals surface area contributed by atoms with E-state index < -0.39 is 18.1 Å². The fraction of sp³-hybridized carbons (Fsp3) is 0.133. The van der Waals surface area contributed by atoms with Gasteiger partial charge in [-0.2, -0.15) is 0 Å². The quantitative estimate of drug-likeness (QED) is 0.665. The number of amides is 1. The van der Waals surface area contributed by atoms with Crippen LogP contribution < -0.4 is 5.73 Å². The van der Waals surface area contributed by atoms with E-state index in [0.29, 0.717) is 5.56 Å². The number of rotatable bonds is 4. The number of phenolic OH excluding ortho intramolecular Hbond substituents is 1. The molecule has 5 N–H and O–H groups in total. The predicted molar refractivity (Wildman–Crippen MR) is 73.7 cm³/mol. The SMILES string of the molecule is NC(=O)C(O)C(O)c1ccc(-c2ccc(O)cc2)cc1. The normalized spacial score (nSPS) is 13.7. The number of aliphatic hydroxyl groups excluding tert-OH is 2. The average Bonchev–Trinajstić information content (AvgIpc) is 2.46. The molecule has 0 heterocycles. The Morgan fingerprint density at radius 2 is 1.35 bits per heavy atom. The van der Waals surface area contributed by atoms with E-state index in [2.05, 4.69) is 0 Å². The van der Waals surface area contributed by atoms with Gasteiger partial charge in [0, 0.05) is 0 Å². The van der Waals surface area contributed by atoms with Crippen LogP contribution in [0.15, 0.2) is 48.5 Å². The number of hydrogen-bond acceptors (Lipinski definition) is 4. The van der Waals surface area contributed by atoms with Crippen LogP contribution in [-0.4, -0.2) is 27.3 Å². The minimum Gasteiger partial charge on any atom is -0.508 e. The molecule has 0 fully saturated rings. The highest BCUT2D eigenvalue weighted by molar-refractivity contribution is 5.79. The predicted octanol–water partition coefficient (Wildman–Crippen LogP) is 0.939. The van der Waals surface area contributed by atoms with E-state index in [1.807, 2.05) is 0 Å². The van der Waals surface area contributed by atoms with Crippen LogP contribution in [0.4, 0.5) is 0 Å². The van der Waals surface area contributed by atoms with Gasteiger partial charge >= 0.3 is 0 Å². The topological polar surface area (TPSA) is 104 Å². The molecule has 20 heavy (non-hydrogen) atoms. The standard InChI is InChI=1S/C15H15NO4/c16-15(20)14(19)13(18)11-3-1-9(2-4-11)10-5-7-12(17)8-6-10/h1-8,13-14,17-19H,(H2,16,20). The molecular weight excluding hydrogens is 258 g/mol. The summed E-state index contributed by atoms with van der Waals surface area (Å²) in [6, 6.07) is 13.4. The van der Waals surface area contributed by atoms with Crippen molar-refractivity contribution >= 4 is 5.91 Å². The van der Waals surface area contributed by atoms with Crippen molar-refractivity contribution in [3.8, 4) is 16.9 Å². The second-order valence-electron chi connectivity index (χ2n) is 4.46. The molecule has 0 saturated carbocycles. The number of aromatic hydroxyl groups is 1. The van der Waals surface area contributed by atoms with Gasteiger partial charge < -0.3 is 21.1 Å². The van der Waals surface area contributed by atoms with Gasteiger partial charge in [0.2, 0.25) is 5.91 Å². The summed E-state index contributed by atoms with van der Waals surface area (Å²) >= 11 is 0. The van der Waals surface area contributed by atoms with E-state index in [1.165, 1.54) is 0 Å². The number of phenols is 1. The lowest BCUT2D eigenvalue weighted by Gasteiger charge is -2.15. The molecule has 2 rings (SSSR count). The number of primary amides is 1. The Morgan fingerprint density at radius 3 is 1.80 bits per heavy atom.